The number of carboxylic acids is 2. The Morgan fingerprint density at radius 2 is 1.40 bits per heavy atom. The molecular weight excluding hydrogens is 588 g/mol. The number of aliphatic carboxylic acids is 2. The van der Waals surface area contributed by atoms with Crippen molar-refractivity contribution in [3.63, 3.8) is 0 Å². The number of rotatable bonds is 3. The van der Waals surface area contributed by atoms with Gasteiger partial charge in [0, 0.05) is 55.2 Å². The Labute approximate surface area is 242 Å². The minimum absolute atomic E-state index is 0.112. The SMILES string of the molecule is O=C(O)C(F)(F)F.O=C(O)C(F)(F)F.O=C(c1ccc2c(c1)C1(CCCC1)CN2Cc1ccncc1)N1CCC(O)CC1. The normalized spacial score (nSPS) is 17.8. The van der Waals surface area contributed by atoms with E-state index in [1.807, 2.05) is 23.4 Å². The van der Waals surface area contributed by atoms with Crippen molar-refractivity contribution in [1.29, 1.82) is 0 Å². The fourth-order valence-electron chi connectivity index (χ4n) is 5.49. The number of aliphatic hydroxyl groups excluding tert-OH is 1. The molecule has 0 radical (unpaired) electrons. The maximum Gasteiger partial charge on any atom is 0.490 e. The first-order chi connectivity index (χ1) is 20.0. The number of anilines is 1. The summed E-state index contributed by atoms with van der Waals surface area (Å²) in [6.07, 6.45) is -0.400. The van der Waals surface area contributed by atoms with Crippen molar-refractivity contribution in [1.82, 2.24) is 9.88 Å². The van der Waals surface area contributed by atoms with Gasteiger partial charge >= 0.3 is 24.3 Å². The van der Waals surface area contributed by atoms with Gasteiger partial charge in [0.2, 0.25) is 0 Å². The number of aromatic nitrogens is 1. The quantitative estimate of drug-likeness (QED) is 0.419. The van der Waals surface area contributed by atoms with Crippen LogP contribution in [0.15, 0.2) is 42.7 Å². The van der Waals surface area contributed by atoms with Crippen LogP contribution in [0, 0.1) is 0 Å². The summed E-state index contributed by atoms with van der Waals surface area (Å²) in [4.78, 5) is 39.4. The van der Waals surface area contributed by atoms with E-state index in [1.54, 1.807) is 0 Å². The molecule has 1 spiro atoms. The molecule has 3 heterocycles. The van der Waals surface area contributed by atoms with Crippen LogP contribution < -0.4 is 4.90 Å². The molecule has 0 bridgehead atoms. The molecule has 0 unspecified atom stereocenters. The fourth-order valence-corrected chi connectivity index (χ4v) is 5.49. The number of nitrogens with zero attached hydrogens (tertiary/aromatic N) is 3. The molecule has 0 atom stereocenters. The zero-order valence-corrected chi connectivity index (χ0v) is 22.9. The van der Waals surface area contributed by atoms with Crippen LogP contribution >= 0.6 is 0 Å². The molecule has 1 saturated carbocycles. The van der Waals surface area contributed by atoms with Gasteiger partial charge in [-0.25, -0.2) is 9.59 Å². The molecule has 236 valence electrons. The van der Waals surface area contributed by atoms with Gasteiger partial charge in [-0.15, -0.1) is 0 Å². The number of amides is 1. The maximum absolute atomic E-state index is 13.1. The van der Waals surface area contributed by atoms with E-state index in [9.17, 15) is 36.2 Å². The third-order valence-electron chi connectivity index (χ3n) is 7.57. The van der Waals surface area contributed by atoms with E-state index in [-0.39, 0.29) is 17.4 Å². The van der Waals surface area contributed by atoms with Crippen LogP contribution in [0.5, 0.6) is 0 Å². The summed E-state index contributed by atoms with van der Waals surface area (Å²) >= 11 is 0. The predicted molar refractivity (Wildman–Crippen MR) is 140 cm³/mol. The highest BCUT2D eigenvalue weighted by Crippen LogP contribution is 2.51. The number of hydrogen-bond acceptors (Lipinski definition) is 6. The van der Waals surface area contributed by atoms with Gasteiger partial charge in [-0.3, -0.25) is 9.78 Å². The van der Waals surface area contributed by atoms with Gasteiger partial charge < -0.3 is 25.1 Å². The Morgan fingerprint density at radius 1 is 0.884 bits per heavy atom. The van der Waals surface area contributed by atoms with Crippen molar-refractivity contribution < 1.29 is 56.0 Å². The number of aliphatic hydroxyl groups is 1. The van der Waals surface area contributed by atoms with E-state index >= 15 is 0 Å². The Hall–Kier alpha value is -3.88. The highest BCUT2D eigenvalue weighted by molar-refractivity contribution is 5.95. The van der Waals surface area contributed by atoms with Gasteiger partial charge in [0.1, 0.15) is 0 Å². The van der Waals surface area contributed by atoms with E-state index < -0.39 is 24.3 Å². The summed E-state index contributed by atoms with van der Waals surface area (Å²) in [5.41, 5.74) is 4.92. The molecular formula is C28H31F6N3O6. The molecule has 1 aromatic carbocycles. The predicted octanol–water partition coefficient (Wildman–Crippen LogP) is 4.78. The van der Waals surface area contributed by atoms with Gasteiger partial charge in [-0.2, -0.15) is 26.3 Å². The third-order valence-corrected chi connectivity index (χ3v) is 7.57. The Morgan fingerprint density at radius 3 is 1.88 bits per heavy atom. The number of piperidine rings is 1. The lowest BCUT2D eigenvalue weighted by molar-refractivity contribution is -0.193. The molecule has 43 heavy (non-hydrogen) atoms. The van der Waals surface area contributed by atoms with Crippen LogP contribution in [0.4, 0.5) is 32.0 Å². The molecule has 3 aliphatic rings. The molecule has 1 aliphatic carbocycles. The molecule has 1 amide bonds. The Balaban J connectivity index is 0.000000303. The van der Waals surface area contributed by atoms with Crippen molar-refractivity contribution in [2.75, 3.05) is 24.5 Å². The van der Waals surface area contributed by atoms with Gasteiger partial charge in [0.15, 0.2) is 0 Å². The van der Waals surface area contributed by atoms with Crippen LogP contribution in [0.3, 0.4) is 0 Å². The van der Waals surface area contributed by atoms with Crippen LogP contribution in [-0.2, 0) is 21.5 Å². The summed E-state index contributed by atoms with van der Waals surface area (Å²) in [6, 6.07) is 10.5. The highest BCUT2D eigenvalue weighted by atomic mass is 19.4. The first-order valence-electron chi connectivity index (χ1n) is 13.4. The lowest BCUT2D eigenvalue weighted by Gasteiger charge is -2.30. The minimum Gasteiger partial charge on any atom is -0.475 e. The number of carboxylic acid groups (broad SMARTS) is 2. The molecule has 5 rings (SSSR count). The monoisotopic (exact) mass is 619 g/mol. The third kappa shape index (κ3) is 8.81. The van der Waals surface area contributed by atoms with Gasteiger partial charge in [0.05, 0.1) is 6.10 Å². The van der Waals surface area contributed by atoms with Crippen molar-refractivity contribution in [2.45, 2.75) is 68.9 Å². The molecule has 9 nitrogen and oxygen atoms in total. The van der Waals surface area contributed by atoms with Crippen LogP contribution in [0.25, 0.3) is 0 Å². The Bertz CT molecular complexity index is 1250. The van der Waals surface area contributed by atoms with Crippen molar-refractivity contribution >= 4 is 23.5 Å². The number of hydrogen-bond donors (Lipinski definition) is 3. The number of alkyl halides is 6. The van der Waals surface area contributed by atoms with Gasteiger partial charge in [-0.05, 0) is 67.1 Å². The second-order valence-corrected chi connectivity index (χ2v) is 10.6. The Kier molecular flexibility index (Phi) is 10.6. The van der Waals surface area contributed by atoms with Crippen LogP contribution in [0.2, 0.25) is 0 Å². The largest absolute Gasteiger partial charge is 0.490 e. The number of fused-ring (bicyclic) bond motifs is 2. The summed E-state index contributed by atoms with van der Waals surface area (Å²) in [6.45, 7) is 3.22. The van der Waals surface area contributed by atoms with Crippen LogP contribution in [-0.4, -0.2) is 81.1 Å². The summed E-state index contributed by atoms with van der Waals surface area (Å²) in [7, 11) is 0. The second kappa shape index (κ2) is 13.6. The van der Waals surface area contributed by atoms with Gasteiger partial charge in [-0.1, -0.05) is 12.8 Å². The lowest BCUT2D eigenvalue weighted by atomic mass is 9.80. The average Bonchev–Trinajstić information content (AvgIpc) is 3.53. The number of carbonyl (C=O) groups is 3. The highest BCUT2D eigenvalue weighted by Gasteiger charge is 2.45. The number of pyridine rings is 1. The average molecular weight is 620 g/mol. The number of likely N-dealkylation sites (tertiary alicyclic amines) is 1. The smallest absolute Gasteiger partial charge is 0.475 e. The van der Waals surface area contributed by atoms with E-state index in [0.29, 0.717) is 25.9 Å². The summed E-state index contributed by atoms with van der Waals surface area (Å²) < 4.78 is 63.5. The first-order valence-corrected chi connectivity index (χ1v) is 13.4. The number of carbonyl (C=O) groups excluding carboxylic acids is 1. The van der Waals surface area contributed by atoms with Crippen molar-refractivity contribution in [2.24, 2.45) is 0 Å². The van der Waals surface area contributed by atoms with Crippen LogP contribution in [0.1, 0.15) is 60.0 Å². The fraction of sp³-hybridized carbons (Fsp3) is 0.500. The van der Waals surface area contributed by atoms with E-state index in [0.717, 1.165) is 18.7 Å². The first kappa shape index (κ1) is 33.6. The summed E-state index contributed by atoms with van der Waals surface area (Å²) in [5.74, 6) is -5.40. The van der Waals surface area contributed by atoms with Crippen molar-refractivity contribution in [3.05, 3.63) is 59.4 Å². The molecule has 3 N–H and O–H groups in total. The van der Waals surface area contributed by atoms with E-state index in [4.69, 9.17) is 19.8 Å². The van der Waals surface area contributed by atoms with E-state index in [1.165, 1.54) is 42.5 Å². The maximum atomic E-state index is 13.1. The van der Waals surface area contributed by atoms with E-state index in [2.05, 4.69) is 34.1 Å². The van der Waals surface area contributed by atoms with Gasteiger partial charge in [0.25, 0.3) is 5.91 Å². The molecule has 2 aromatic rings. The topological polar surface area (TPSA) is 131 Å². The lowest BCUT2D eigenvalue weighted by Crippen LogP contribution is -2.40. The summed E-state index contributed by atoms with van der Waals surface area (Å²) in [5, 5.41) is 24.0. The standard InChI is InChI=1S/C24H29N3O2.2C2HF3O2/c28-20-7-13-26(14-8-20)23(29)19-3-4-22-21(15-19)24(9-1-2-10-24)17-27(22)16-18-5-11-25-12-6-18;2*3-2(4,5)1(6)7/h3-6,11-12,15,20,28H,1-2,7-10,13-14,16-17H2;2*(H,6,7). The zero-order valence-electron chi connectivity index (χ0n) is 22.9. The second-order valence-electron chi connectivity index (χ2n) is 10.6. The molecule has 2 aliphatic heterocycles. The number of halogens is 6. The van der Waals surface area contributed by atoms with Crippen molar-refractivity contribution in [3.8, 4) is 0 Å². The molecule has 1 aromatic heterocycles. The zero-order chi connectivity index (χ0) is 32.0. The molecule has 15 heteroatoms. The molecule has 2 fully saturated rings. The molecule has 1 saturated heterocycles. The minimum atomic E-state index is -5.08. The number of benzene rings is 1.